The number of amides is 1. The second-order valence-electron chi connectivity index (χ2n) is 7.71. The lowest BCUT2D eigenvalue weighted by Gasteiger charge is -2.26. The Morgan fingerprint density at radius 1 is 1.09 bits per heavy atom. The number of rotatable bonds is 2. The molecule has 32 heavy (non-hydrogen) atoms. The smallest absolute Gasteiger partial charge is 0.260 e. The number of para-hydroxylation sites is 1. The molecule has 0 fully saturated rings. The standard InChI is InChI=1S/C24H17N3O5/c28-22-14-4-1-2-6-17(14)26-20-16(22)11-27(24(30)15-5-3-9-25-23(15)29)21(20)13-7-8-18-19(10-13)32-12-31-18/h1-10,21H,11-12H2,(H,25,29)(H,26,28). The van der Waals surface area contributed by atoms with E-state index in [-0.39, 0.29) is 30.2 Å². The number of hydrogen-bond acceptors (Lipinski definition) is 6. The summed E-state index contributed by atoms with van der Waals surface area (Å²) in [6.07, 6.45) is 1.41. The summed E-state index contributed by atoms with van der Waals surface area (Å²) in [5.41, 5.74) is 2.57. The van der Waals surface area contributed by atoms with Crippen molar-refractivity contribution in [2.24, 2.45) is 0 Å². The Balaban J connectivity index is 1.56. The van der Waals surface area contributed by atoms with Gasteiger partial charge in [-0.2, -0.15) is 0 Å². The summed E-state index contributed by atoms with van der Waals surface area (Å²) in [4.78, 5) is 35.6. The predicted octanol–water partition coefficient (Wildman–Crippen LogP) is 3.10. The molecule has 2 aromatic carbocycles. The quantitative estimate of drug-likeness (QED) is 0.509. The summed E-state index contributed by atoms with van der Waals surface area (Å²) in [7, 11) is 0. The first-order valence-corrected chi connectivity index (χ1v) is 10.1. The summed E-state index contributed by atoms with van der Waals surface area (Å²) < 4.78 is 11.0. The predicted molar refractivity (Wildman–Crippen MR) is 115 cm³/mol. The maximum atomic E-state index is 13.5. The van der Waals surface area contributed by atoms with Gasteiger partial charge in [0.1, 0.15) is 5.56 Å². The molecule has 1 atom stereocenters. The van der Waals surface area contributed by atoms with Gasteiger partial charge in [-0.25, -0.2) is 4.98 Å². The second kappa shape index (κ2) is 6.84. The summed E-state index contributed by atoms with van der Waals surface area (Å²) in [6, 6.07) is 15.3. The highest BCUT2D eigenvalue weighted by Gasteiger charge is 2.39. The van der Waals surface area contributed by atoms with Crippen molar-refractivity contribution < 1.29 is 19.4 Å². The first-order chi connectivity index (χ1) is 15.6. The van der Waals surface area contributed by atoms with Gasteiger partial charge in [-0.3, -0.25) is 9.59 Å². The summed E-state index contributed by atoms with van der Waals surface area (Å²) in [5.74, 6) is 0.429. The number of nitrogens with zero attached hydrogens (tertiary/aromatic N) is 2. The molecule has 0 saturated carbocycles. The van der Waals surface area contributed by atoms with E-state index in [1.807, 2.05) is 30.3 Å². The van der Waals surface area contributed by atoms with Crippen LogP contribution in [0.1, 0.15) is 33.2 Å². The fourth-order valence-corrected chi connectivity index (χ4v) is 4.44. The lowest BCUT2D eigenvalue weighted by Crippen LogP contribution is -2.30. The Labute approximate surface area is 181 Å². The monoisotopic (exact) mass is 427 g/mol. The van der Waals surface area contributed by atoms with Crippen LogP contribution >= 0.6 is 0 Å². The minimum atomic E-state index is -0.580. The van der Waals surface area contributed by atoms with Crippen molar-refractivity contribution in [1.82, 2.24) is 14.9 Å². The highest BCUT2D eigenvalue weighted by Crippen LogP contribution is 2.42. The number of ether oxygens (including phenoxy) is 2. The second-order valence-corrected chi connectivity index (χ2v) is 7.71. The van der Waals surface area contributed by atoms with Gasteiger partial charge in [-0.15, -0.1) is 0 Å². The van der Waals surface area contributed by atoms with Gasteiger partial charge in [0.25, 0.3) is 5.91 Å². The molecular formula is C24H17N3O5. The molecule has 8 nitrogen and oxygen atoms in total. The Morgan fingerprint density at radius 3 is 2.81 bits per heavy atom. The molecule has 0 saturated heterocycles. The fourth-order valence-electron chi connectivity index (χ4n) is 4.44. The lowest BCUT2D eigenvalue weighted by molar-refractivity contribution is 0.0713. The largest absolute Gasteiger partial charge is 0.493 e. The average molecular weight is 427 g/mol. The van der Waals surface area contributed by atoms with Crippen molar-refractivity contribution >= 4 is 16.8 Å². The average Bonchev–Trinajstić information content (AvgIpc) is 3.43. The van der Waals surface area contributed by atoms with Crippen molar-refractivity contribution in [3.63, 3.8) is 0 Å². The summed E-state index contributed by atoms with van der Waals surface area (Å²) in [5, 5.41) is 10.8. The number of carbonyl (C=O) groups excluding carboxylic acids is 1. The molecule has 0 aliphatic carbocycles. The van der Waals surface area contributed by atoms with Crippen molar-refractivity contribution in [3.05, 3.63) is 93.4 Å². The number of hydrogen-bond donors (Lipinski definition) is 2. The van der Waals surface area contributed by atoms with Crippen molar-refractivity contribution in [3.8, 4) is 17.4 Å². The molecule has 8 heteroatoms. The molecule has 0 radical (unpaired) electrons. The highest BCUT2D eigenvalue weighted by molar-refractivity contribution is 5.97. The molecular weight excluding hydrogens is 410 g/mol. The van der Waals surface area contributed by atoms with Crippen LogP contribution in [0.25, 0.3) is 10.9 Å². The molecule has 0 spiro atoms. The van der Waals surface area contributed by atoms with Gasteiger partial charge in [-0.05, 0) is 42.0 Å². The third-order valence-corrected chi connectivity index (χ3v) is 5.94. The fraction of sp³-hybridized carbons (Fsp3) is 0.125. The molecule has 1 unspecified atom stereocenters. The number of fused-ring (bicyclic) bond motifs is 3. The van der Waals surface area contributed by atoms with Gasteiger partial charge < -0.3 is 24.5 Å². The van der Waals surface area contributed by atoms with Crippen LogP contribution in [-0.2, 0) is 6.54 Å². The summed E-state index contributed by atoms with van der Waals surface area (Å²) >= 11 is 0. The number of carbonyl (C=O) groups is 1. The van der Waals surface area contributed by atoms with Crippen LogP contribution in [-0.4, -0.2) is 32.7 Å². The first-order valence-electron chi connectivity index (χ1n) is 10.1. The van der Waals surface area contributed by atoms with Crippen LogP contribution in [0.5, 0.6) is 17.4 Å². The normalized spacial score (nSPS) is 16.4. The maximum Gasteiger partial charge on any atom is 0.260 e. The number of aromatic nitrogens is 2. The maximum absolute atomic E-state index is 13.5. The molecule has 4 aromatic rings. The van der Waals surface area contributed by atoms with Crippen LogP contribution < -0.4 is 14.9 Å². The van der Waals surface area contributed by atoms with Gasteiger partial charge in [0, 0.05) is 22.7 Å². The Morgan fingerprint density at radius 2 is 1.94 bits per heavy atom. The van der Waals surface area contributed by atoms with E-state index in [9.17, 15) is 14.7 Å². The lowest BCUT2D eigenvalue weighted by atomic mass is 10.0. The van der Waals surface area contributed by atoms with E-state index in [1.54, 1.807) is 23.1 Å². The van der Waals surface area contributed by atoms with Gasteiger partial charge in [-0.1, -0.05) is 18.2 Å². The molecule has 2 N–H and O–H groups in total. The van der Waals surface area contributed by atoms with Crippen LogP contribution in [0, 0.1) is 0 Å². The molecule has 158 valence electrons. The van der Waals surface area contributed by atoms with E-state index < -0.39 is 11.9 Å². The minimum absolute atomic E-state index is 0.0723. The SMILES string of the molecule is O=C(c1cccnc1O)N1Cc2c([nH]c3ccccc3c2=O)C1c1ccc2c(c1)OCO2. The van der Waals surface area contributed by atoms with E-state index in [1.165, 1.54) is 12.3 Å². The van der Waals surface area contributed by atoms with Crippen LogP contribution in [0.3, 0.4) is 0 Å². The van der Waals surface area contributed by atoms with Crippen LogP contribution in [0.4, 0.5) is 0 Å². The zero-order chi connectivity index (χ0) is 21.8. The topological polar surface area (TPSA) is 105 Å². The van der Waals surface area contributed by atoms with Gasteiger partial charge >= 0.3 is 0 Å². The highest BCUT2D eigenvalue weighted by atomic mass is 16.7. The van der Waals surface area contributed by atoms with E-state index >= 15 is 0 Å². The molecule has 2 aliphatic heterocycles. The molecule has 2 aliphatic rings. The third-order valence-electron chi connectivity index (χ3n) is 5.94. The Bertz CT molecular complexity index is 1460. The number of nitrogens with one attached hydrogen (secondary N) is 1. The summed E-state index contributed by atoms with van der Waals surface area (Å²) in [6.45, 7) is 0.232. The number of aromatic hydroxyl groups is 1. The van der Waals surface area contributed by atoms with E-state index in [0.29, 0.717) is 33.7 Å². The molecule has 0 bridgehead atoms. The van der Waals surface area contributed by atoms with Gasteiger partial charge in [0.05, 0.1) is 18.3 Å². The Hall–Kier alpha value is -4.33. The number of aromatic amines is 1. The van der Waals surface area contributed by atoms with E-state index in [0.717, 1.165) is 5.56 Å². The van der Waals surface area contributed by atoms with Crippen molar-refractivity contribution in [2.45, 2.75) is 12.6 Å². The van der Waals surface area contributed by atoms with E-state index in [2.05, 4.69) is 9.97 Å². The molecule has 6 rings (SSSR count). The zero-order valence-corrected chi connectivity index (χ0v) is 16.7. The third kappa shape index (κ3) is 2.66. The molecule has 4 heterocycles. The zero-order valence-electron chi connectivity index (χ0n) is 16.7. The first kappa shape index (κ1) is 18.4. The molecule has 2 aromatic heterocycles. The Kier molecular flexibility index (Phi) is 3.94. The van der Waals surface area contributed by atoms with Crippen LogP contribution in [0.15, 0.2) is 65.6 Å². The van der Waals surface area contributed by atoms with Crippen molar-refractivity contribution in [2.75, 3.05) is 6.79 Å². The van der Waals surface area contributed by atoms with Gasteiger partial charge in [0.2, 0.25) is 12.7 Å². The minimum Gasteiger partial charge on any atom is -0.493 e. The molecule has 1 amide bonds. The number of benzene rings is 2. The van der Waals surface area contributed by atoms with Crippen LogP contribution in [0.2, 0.25) is 0 Å². The number of pyridine rings is 2. The van der Waals surface area contributed by atoms with Gasteiger partial charge in [0.15, 0.2) is 16.9 Å². The van der Waals surface area contributed by atoms with Crippen molar-refractivity contribution in [1.29, 1.82) is 0 Å². The van der Waals surface area contributed by atoms with E-state index in [4.69, 9.17) is 9.47 Å². The number of H-pyrrole nitrogens is 1.